The van der Waals surface area contributed by atoms with Crippen molar-refractivity contribution in [3.8, 4) is 0 Å². The van der Waals surface area contributed by atoms with E-state index in [2.05, 4.69) is 29.6 Å². The Hall–Kier alpha value is -1.06. The molecule has 3 nitrogen and oxygen atoms in total. The number of hydrogen-bond acceptors (Lipinski definition) is 3. The van der Waals surface area contributed by atoms with Crippen molar-refractivity contribution in [2.75, 3.05) is 31.7 Å². The Morgan fingerprint density at radius 1 is 1.31 bits per heavy atom. The van der Waals surface area contributed by atoms with E-state index >= 15 is 0 Å². The minimum atomic E-state index is 0.273. The summed E-state index contributed by atoms with van der Waals surface area (Å²) in [5.74, 6) is 0. The molecule has 0 radical (unpaired) electrons. The molecule has 1 aromatic rings. The SMILES string of the molecule is CCOCCOC1CNc2ccccc2C1. The maximum atomic E-state index is 5.75. The molecule has 0 fully saturated rings. The first-order valence-electron chi connectivity index (χ1n) is 5.91. The van der Waals surface area contributed by atoms with Gasteiger partial charge in [0.1, 0.15) is 0 Å². The molecule has 1 aromatic carbocycles. The van der Waals surface area contributed by atoms with Crippen LogP contribution in [0.2, 0.25) is 0 Å². The Morgan fingerprint density at radius 2 is 2.19 bits per heavy atom. The first kappa shape index (κ1) is 11.4. The molecule has 0 saturated heterocycles. The Kier molecular flexibility index (Phi) is 4.19. The highest BCUT2D eigenvalue weighted by atomic mass is 16.5. The largest absolute Gasteiger partial charge is 0.382 e. The second-order valence-corrected chi connectivity index (χ2v) is 3.93. The molecule has 1 heterocycles. The predicted molar refractivity (Wildman–Crippen MR) is 64.9 cm³/mol. The normalized spacial score (nSPS) is 18.9. The Morgan fingerprint density at radius 3 is 3.06 bits per heavy atom. The van der Waals surface area contributed by atoms with E-state index in [4.69, 9.17) is 9.47 Å². The summed E-state index contributed by atoms with van der Waals surface area (Å²) < 4.78 is 11.0. The fourth-order valence-electron chi connectivity index (χ4n) is 1.95. The van der Waals surface area contributed by atoms with Gasteiger partial charge < -0.3 is 14.8 Å². The number of fused-ring (bicyclic) bond motifs is 1. The van der Waals surface area contributed by atoms with Crippen LogP contribution < -0.4 is 5.32 Å². The molecule has 0 aromatic heterocycles. The molecule has 2 rings (SSSR count). The van der Waals surface area contributed by atoms with Crippen molar-refractivity contribution in [2.24, 2.45) is 0 Å². The van der Waals surface area contributed by atoms with Crippen molar-refractivity contribution in [3.05, 3.63) is 29.8 Å². The van der Waals surface area contributed by atoms with Crippen molar-refractivity contribution < 1.29 is 9.47 Å². The lowest BCUT2D eigenvalue weighted by Crippen LogP contribution is -2.31. The van der Waals surface area contributed by atoms with Crippen LogP contribution in [-0.2, 0) is 15.9 Å². The molecule has 0 saturated carbocycles. The summed E-state index contributed by atoms with van der Waals surface area (Å²) in [5, 5.41) is 3.39. The zero-order valence-corrected chi connectivity index (χ0v) is 9.74. The summed E-state index contributed by atoms with van der Waals surface area (Å²) >= 11 is 0. The van der Waals surface area contributed by atoms with E-state index in [1.165, 1.54) is 11.3 Å². The fraction of sp³-hybridized carbons (Fsp3) is 0.538. The number of hydrogen-bond donors (Lipinski definition) is 1. The van der Waals surface area contributed by atoms with Gasteiger partial charge in [-0.05, 0) is 18.6 Å². The average Bonchev–Trinajstić information content (AvgIpc) is 2.34. The van der Waals surface area contributed by atoms with E-state index in [-0.39, 0.29) is 6.10 Å². The molecule has 1 atom stereocenters. The molecule has 1 unspecified atom stereocenters. The number of benzene rings is 1. The number of anilines is 1. The lowest BCUT2D eigenvalue weighted by atomic mass is 10.0. The summed E-state index contributed by atoms with van der Waals surface area (Å²) in [6.45, 7) is 5.02. The third-order valence-corrected chi connectivity index (χ3v) is 2.77. The second-order valence-electron chi connectivity index (χ2n) is 3.93. The average molecular weight is 221 g/mol. The van der Waals surface area contributed by atoms with Gasteiger partial charge in [0, 0.05) is 25.3 Å². The lowest BCUT2D eigenvalue weighted by molar-refractivity contribution is 0.0122. The third-order valence-electron chi connectivity index (χ3n) is 2.77. The van der Waals surface area contributed by atoms with Crippen LogP contribution in [0.15, 0.2) is 24.3 Å². The maximum Gasteiger partial charge on any atom is 0.0789 e. The van der Waals surface area contributed by atoms with Crippen molar-refractivity contribution in [2.45, 2.75) is 19.4 Å². The molecule has 16 heavy (non-hydrogen) atoms. The molecule has 0 aliphatic carbocycles. The standard InChI is InChI=1S/C13H19NO2/c1-2-15-7-8-16-12-9-11-5-3-4-6-13(11)14-10-12/h3-6,12,14H,2,7-10H2,1H3. The van der Waals surface area contributed by atoms with E-state index in [1.807, 2.05) is 6.92 Å². The van der Waals surface area contributed by atoms with E-state index < -0.39 is 0 Å². The summed E-state index contributed by atoms with van der Waals surface area (Å²) in [6.07, 6.45) is 1.27. The van der Waals surface area contributed by atoms with Crippen molar-refractivity contribution in [1.82, 2.24) is 0 Å². The molecular formula is C13H19NO2. The van der Waals surface area contributed by atoms with Crippen LogP contribution in [-0.4, -0.2) is 32.5 Å². The molecule has 0 amide bonds. The van der Waals surface area contributed by atoms with Gasteiger partial charge in [-0.1, -0.05) is 18.2 Å². The third kappa shape index (κ3) is 2.97. The van der Waals surface area contributed by atoms with Gasteiger partial charge in [0.15, 0.2) is 0 Å². The molecule has 3 heteroatoms. The Labute approximate surface area is 96.8 Å². The number of para-hydroxylation sites is 1. The highest BCUT2D eigenvalue weighted by molar-refractivity contribution is 5.53. The molecule has 88 valence electrons. The zero-order valence-electron chi connectivity index (χ0n) is 9.74. The summed E-state index contributed by atoms with van der Waals surface area (Å²) in [7, 11) is 0. The van der Waals surface area contributed by atoms with Crippen LogP contribution >= 0.6 is 0 Å². The minimum absolute atomic E-state index is 0.273. The molecule has 0 spiro atoms. The number of ether oxygens (including phenoxy) is 2. The first-order chi connectivity index (χ1) is 7.90. The Balaban J connectivity index is 1.79. The lowest BCUT2D eigenvalue weighted by Gasteiger charge is -2.26. The smallest absolute Gasteiger partial charge is 0.0789 e. The predicted octanol–water partition coefficient (Wildman–Crippen LogP) is 2.08. The van der Waals surface area contributed by atoms with Crippen LogP contribution in [0.3, 0.4) is 0 Å². The van der Waals surface area contributed by atoms with Gasteiger partial charge in [-0.15, -0.1) is 0 Å². The number of nitrogens with one attached hydrogen (secondary N) is 1. The van der Waals surface area contributed by atoms with Gasteiger partial charge >= 0.3 is 0 Å². The highest BCUT2D eigenvalue weighted by Crippen LogP contribution is 2.22. The summed E-state index contributed by atoms with van der Waals surface area (Å²) in [5.41, 5.74) is 2.59. The van der Waals surface area contributed by atoms with E-state index in [0.29, 0.717) is 13.2 Å². The van der Waals surface area contributed by atoms with Gasteiger partial charge in [-0.25, -0.2) is 0 Å². The van der Waals surface area contributed by atoms with Gasteiger partial charge in [0.2, 0.25) is 0 Å². The van der Waals surface area contributed by atoms with E-state index in [0.717, 1.165) is 19.6 Å². The quantitative estimate of drug-likeness (QED) is 0.772. The summed E-state index contributed by atoms with van der Waals surface area (Å²) in [6, 6.07) is 8.40. The topological polar surface area (TPSA) is 30.5 Å². The van der Waals surface area contributed by atoms with Crippen molar-refractivity contribution in [3.63, 3.8) is 0 Å². The van der Waals surface area contributed by atoms with Crippen LogP contribution in [0.25, 0.3) is 0 Å². The molecular weight excluding hydrogens is 202 g/mol. The minimum Gasteiger partial charge on any atom is -0.382 e. The van der Waals surface area contributed by atoms with E-state index in [9.17, 15) is 0 Å². The zero-order chi connectivity index (χ0) is 11.2. The first-order valence-corrected chi connectivity index (χ1v) is 5.91. The summed E-state index contributed by atoms with van der Waals surface area (Å²) in [4.78, 5) is 0. The fourth-order valence-corrected chi connectivity index (χ4v) is 1.95. The second kappa shape index (κ2) is 5.87. The van der Waals surface area contributed by atoms with Crippen LogP contribution in [0.5, 0.6) is 0 Å². The van der Waals surface area contributed by atoms with Gasteiger partial charge in [-0.3, -0.25) is 0 Å². The Bertz CT molecular complexity index is 327. The monoisotopic (exact) mass is 221 g/mol. The van der Waals surface area contributed by atoms with Crippen LogP contribution in [0, 0.1) is 0 Å². The van der Waals surface area contributed by atoms with Crippen molar-refractivity contribution >= 4 is 5.69 Å². The van der Waals surface area contributed by atoms with Crippen LogP contribution in [0.4, 0.5) is 5.69 Å². The van der Waals surface area contributed by atoms with E-state index in [1.54, 1.807) is 0 Å². The maximum absolute atomic E-state index is 5.75. The molecule has 1 N–H and O–H groups in total. The highest BCUT2D eigenvalue weighted by Gasteiger charge is 2.17. The molecule has 1 aliphatic rings. The molecule has 1 aliphatic heterocycles. The van der Waals surface area contributed by atoms with Gasteiger partial charge in [-0.2, -0.15) is 0 Å². The molecule has 0 bridgehead atoms. The van der Waals surface area contributed by atoms with Gasteiger partial charge in [0.05, 0.1) is 19.3 Å². The number of rotatable bonds is 5. The van der Waals surface area contributed by atoms with Crippen molar-refractivity contribution in [1.29, 1.82) is 0 Å². The van der Waals surface area contributed by atoms with Gasteiger partial charge in [0.25, 0.3) is 0 Å². The van der Waals surface area contributed by atoms with Crippen LogP contribution in [0.1, 0.15) is 12.5 Å².